The molecule has 1 radical (unpaired) electrons. The Morgan fingerprint density at radius 2 is 2.00 bits per heavy atom. The van der Waals surface area contributed by atoms with Crippen LogP contribution >= 0.6 is 0 Å². The van der Waals surface area contributed by atoms with Gasteiger partial charge in [0.15, 0.2) is 5.25 Å². The highest BCUT2D eigenvalue weighted by Gasteiger charge is 2.35. The average molecular weight is 248 g/mol. The van der Waals surface area contributed by atoms with Gasteiger partial charge in [0.1, 0.15) is 0 Å². The van der Waals surface area contributed by atoms with Crippen LogP contribution in [0.3, 0.4) is 0 Å². The topological polar surface area (TPSA) is 63.7 Å². The highest BCUT2D eigenvalue weighted by atomic mass is 32.2. The maximum absolute atomic E-state index is 12.0. The lowest BCUT2D eigenvalue weighted by atomic mass is 10.2. The van der Waals surface area contributed by atoms with Gasteiger partial charge in [-0.25, -0.2) is 12.7 Å². The molecule has 1 rings (SSSR count). The van der Waals surface area contributed by atoms with Crippen LogP contribution in [0, 0.1) is 6.42 Å². The molecule has 1 aliphatic heterocycles. The molecule has 1 heterocycles. The van der Waals surface area contributed by atoms with Crippen molar-refractivity contribution in [2.24, 2.45) is 0 Å². The minimum atomic E-state index is -3.54. The van der Waals surface area contributed by atoms with Crippen LogP contribution in [0.4, 0.5) is 0 Å². The van der Waals surface area contributed by atoms with Crippen LogP contribution in [-0.4, -0.2) is 43.6 Å². The molecule has 0 aromatic carbocycles. The molecular formula is C10H18NO4S. The number of ether oxygens (including phenoxy) is 1. The fourth-order valence-electron chi connectivity index (χ4n) is 1.59. The first kappa shape index (κ1) is 13.4. The number of piperidine rings is 1. The summed E-state index contributed by atoms with van der Waals surface area (Å²) in [4.78, 5) is 11.4. The number of carbonyl (C=O) groups excluding carboxylic acids is 1. The molecule has 0 amide bonds. The Morgan fingerprint density at radius 3 is 2.50 bits per heavy atom. The molecule has 1 atom stereocenters. The van der Waals surface area contributed by atoms with Crippen LogP contribution in [-0.2, 0) is 19.6 Å². The molecular weight excluding hydrogens is 230 g/mol. The first-order valence-corrected chi connectivity index (χ1v) is 6.97. The van der Waals surface area contributed by atoms with Gasteiger partial charge in [-0.05, 0) is 33.1 Å². The molecule has 16 heavy (non-hydrogen) atoms. The van der Waals surface area contributed by atoms with Crippen molar-refractivity contribution in [3.8, 4) is 0 Å². The first-order chi connectivity index (χ1) is 7.50. The summed E-state index contributed by atoms with van der Waals surface area (Å²) in [6.07, 6.45) is 3.55. The fraction of sp³-hybridized carbons (Fsp3) is 0.800. The number of nitrogens with zero attached hydrogens (tertiary/aromatic N) is 1. The summed E-state index contributed by atoms with van der Waals surface area (Å²) < 4.78 is 30.1. The van der Waals surface area contributed by atoms with E-state index >= 15 is 0 Å². The van der Waals surface area contributed by atoms with Crippen molar-refractivity contribution in [3.05, 3.63) is 6.42 Å². The van der Waals surface area contributed by atoms with Crippen LogP contribution in [0.2, 0.25) is 0 Å². The lowest BCUT2D eigenvalue weighted by Gasteiger charge is -2.27. The molecule has 1 fully saturated rings. The average Bonchev–Trinajstić information content (AvgIpc) is 2.29. The van der Waals surface area contributed by atoms with E-state index < -0.39 is 21.2 Å². The summed E-state index contributed by atoms with van der Waals surface area (Å²) in [7, 11) is -3.54. The third-order valence-electron chi connectivity index (χ3n) is 2.59. The first-order valence-electron chi connectivity index (χ1n) is 5.47. The molecule has 0 aliphatic carbocycles. The quantitative estimate of drug-likeness (QED) is 0.682. The van der Waals surface area contributed by atoms with Crippen molar-refractivity contribution in [1.29, 1.82) is 0 Å². The minimum absolute atomic E-state index is 0.201. The molecule has 0 aromatic rings. The molecule has 93 valence electrons. The Hall–Kier alpha value is -0.620. The van der Waals surface area contributed by atoms with Crippen molar-refractivity contribution in [2.75, 3.05) is 19.7 Å². The van der Waals surface area contributed by atoms with E-state index in [-0.39, 0.29) is 6.61 Å². The Labute approximate surface area is 96.8 Å². The van der Waals surface area contributed by atoms with Crippen molar-refractivity contribution < 1.29 is 17.9 Å². The third kappa shape index (κ3) is 2.95. The van der Waals surface area contributed by atoms with Crippen molar-refractivity contribution >= 4 is 16.0 Å². The van der Waals surface area contributed by atoms with Gasteiger partial charge in [-0.15, -0.1) is 0 Å². The summed E-state index contributed by atoms with van der Waals surface area (Å²) >= 11 is 0. The highest BCUT2D eigenvalue weighted by molar-refractivity contribution is 7.90. The summed E-state index contributed by atoms with van der Waals surface area (Å²) in [6.45, 7) is 4.17. The number of hydrogen-bond donors (Lipinski definition) is 0. The van der Waals surface area contributed by atoms with Gasteiger partial charge in [-0.1, -0.05) is 0 Å². The molecule has 5 nitrogen and oxygen atoms in total. The van der Waals surface area contributed by atoms with Crippen LogP contribution in [0.25, 0.3) is 0 Å². The number of carbonyl (C=O) groups is 1. The zero-order chi connectivity index (χ0) is 12.2. The third-order valence-corrected chi connectivity index (χ3v) is 4.76. The molecule has 0 aromatic heterocycles. The Balaban J connectivity index is 2.71. The monoisotopic (exact) mass is 248 g/mol. The van der Waals surface area contributed by atoms with Crippen molar-refractivity contribution in [3.63, 3.8) is 0 Å². The van der Waals surface area contributed by atoms with E-state index in [1.54, 1.807) is 6.92 Å². The van der Waals surface area contributed by atoms with Gasteiger partial charge in [0.05, 0.1) is 6.61 Å². The Kier molecular flexibility index (Phi) is 4.73. The number of sulfonamides is 1. The van der Waals surface area contributed by atoms with Gasteiger partial charge in [0.25, 0.3) is 0 Å². The molecule has 0 spiro atoms. The molecule has 0 saturated carbocycles. The van der Waals surface area contributed by atoms with Gasteiger partial charge < -0.3 is 4.74 Å². The van der Waals surface area contributed by atoms with Crippen LogP contribution in [0.15, 0.2) is 0 Å². The Morgan fingerprint density at radius 1 is 1.44 bits per heavy atom. The van der Waals surface area contributed by atoms with Gasteiger partial charge in [0, 0.05) is 13.1 Å². The van der Waals surface area contributed by atoms with Crippen LogP contribution in [0.5, 0.6) is 0 Å². The standard InChI is InChI=1S/C10H18NO4S/c1-3-15-10(12)9(2)16(13,14)11-7-5-4-6-8-11/h4,9H,3,5-8H2,1-2H3. The van der Waals surface area contributed by atoms with E-state index in [4.69, 9.17) is 4.74 Å². The predicted molar refractivity (Wildman–Crippen MR) is 60.1 cm³/mol. The van der Waals surface area contributed by atoms with Crippen LogP contribution in [0.1, 0.15) is 26.7 Å². The molecule has 1 aliphatic rings. The molecule has 1 unspecified atom stereocenters. The lowest BCUT2D eigenvalue weighted by molar-refractivity contribution is -0.142. The lowest BCUT2D eigenvalue weighted by Crippen LogP contribution is -2.44. The van der Waals surface area contributed by atoms with E-state index in [0.717, 1.165) is 12.8 Å². The summed E-state index contributed by atoms with van der Waals surface area (Å²) in [5.41, 5.74) is 0. The predicted octanol–water partition coefficient (Wildman–Crippen LogP) is 0.568. The molecule has 6 heteroatoms. The largest absolute Gasteiger partial charge is 0.465 e. The van der Waals surface area contributed by atoms with E-state index in [1.807, 2.05) is 0 Å². The zero-order valence-corrected chi connectivity index (χ0v) is 10.5. The van der Waals surface area contributed by atoms with Gasteiger partial charge >= 0.3 is 5.97 Å². The van der Waals surface area contributed by atoms with Crippen molar-refractivity contribution in [1.82, 2.24) is 4.31 Å². The minimum Gasteiger partial charge on any atom is -0.465 e. The molecule has 0 bridgehead atoms. The second-order valence-corrected chi connectivity index (χ2v) is 5.96. The number of hydrogen-bond acceptors (Lipinski definition) is 4. The maximum Gasteiger partial charge on any atom is 0.325 e. The van der Waals surface area contributed by atoms with E-state index in [0.29, 0.717) is 13.1 Å². The molecule has 0 N–H and O–H groups in total. The summed E-state index contributed by atoms with van der Waals surface area (Å²) in [5.74, 6) is -0.669. The highest BCUT2D eigenvalue weighted by Crippen LogP contribution is 2.16. The van der Waals surface area contributed by atoms with E-state index in [1.165, 1.54) is 11.2 Å². The fourth-order valence-corrected chi connectivity index (χ4v) is 3.06. The van der Waals surface area contributed by atoms with Gasteiger partial charge in [-0.3, -0.25) is 4.79 Å². The maximum atomic E-state index is 12.0. The van der Waals surface area contributed by atoms with Gasteiger partial charge in [-0.2, -0.15) is 0 Å². The van der Waals surface area contributed by atoms with Crippen molar-refractivity contribution in [2.45, 2.75) is 31.9 Å². The van der Waals surface area contributed by atoms with E-state index in [9.17, 15) is 13.2 Å². The second-order valence-electron chi connectivity index (χ2n) is 3.70. The summed E-state index contributed by atoms with van der Waals surface area (Å²) in [6, 6.07) is 0. The SMILES string of the molecule is CCOC(=O)C(C)S(=O)(=O)N1CC[CH]CC1. The summed E-state index contributed by atoms with van der Waals surface area (Å²) in [5, 5.41) is -1.11. The second kappa shape index (κ2) is 5.63. The zero-order valence-electron chi connectivity index (χ0n) is 9.68. The normalized spacial score (nSPS) is 20.4. The van der Waals surface area contributed by atoms with Crippen LogP contribution < -0.4 is 0 Å². The Bertz CT molecular complexity index is 333. The smallest absolute Gasteiger partial charge is 0.325 e. The number of rotatable bonds is 4. The van der Waals surface area contributed by atoms with Gasteiger partial charge in [0.2, 0.25) is 10.0 Å². The number of esters is 1. The molecule has 1 saturated heterocycles. The van der Waals surface area contributed by atoms with E-state index in [2.05, 4.69) is 6.42 Å².